The molecule has 2 N–H and O–H groups in total. The Morgan fingerprint density at radius 3 is 2.47 bits per heavy atom. The monoisotopic (exact) mass is 534 g/mol. The van der Waals surface area contributed by atoms with E-state index in [-0.39, 0.29) is 11.3 Å². The third kappa shape index (κ3) is 3.93. The first-order chi connectivity index (χ1) is 16.5. The molecule has 1 atom stereocenters. The minimum absolute atomic E-state index is 0.0411. The number of Topliss-reactive ketones (excluding diaryl/α,β-unsaturated/α-hetero) is 1. The van der Waals surface area contributed by atoms with Crippen molar-refractivity contribution >= 4 is 55.9 Å². The van der Waals surface area contributed by atoms with Gasteiger partial charge in [0.25, 0.3) is 11.7 Å². The highest BCUT2D eigenvalue weighted by Crippen LogP contribution is 2.42. The van der Waals surface area contributed by atoms with E-state index in [1.807, 2.05) is 30.5 Å². The van der Waals surface area contributed by atoms with E-state index >= 15 is 0 Å². The van der Waals surface area contributed by atoms with E-state index in [1.54, 1.807) is 48.5 Å². The molecule has 1 aromatic heterocycles. The minimum Gasteiger partial charge on any atom is -0.507 e. The minimum atomic E-state index is -0.789. The number of hydrogen-bond acceptors (Lipinski definition) is 3. The molecule has 170 valence electrons. The van der Waals surface area contributed by atoms with Crippen molar-refractivity contribution < 1.29 is 14.7 Å². The van der Waals surface area contributed by atoms with Crippen molar-refractivity contribution in [3.05, 3.63) is 111 Å². The van der Waals surface area contributed by atoms with Crippen LogP contribution in [0.2, 0.25) is 5.02 Å². The number of likely N-dealkylation sites (tertiary alicyclic amines) is 1. The first-order valence-electron chi connectivity index (χ1n) is 10.8. The molecular weight excluding hydrogens is 516 g/mol. The van der Waals surface area contributed by atoms with Crippen molar-refractivity contribution in [1.82, 2.24) is 9.88 Å². The average molecular weight is 536 g/mol. The number of nitrogens with one attached hydrogen (secondary N) is 1. The fraction of sp³-hybridized carbons (Fsp3) is 0.111. The number of nitrogens with zero attached hydrogens (tertiary/aromatic N) is 1. The van der Waals surface area contributed by atoms with Gasteiger partial charge >= 0.3 is 0 Å². The van der Waals surface area contributed by atoms with Crippen LogP contribution in [0.4, 0.5) is 0 Å². The highest BCUT2D eigenvalue weighted by atomic mass is 79.9. The van der Waals surface area contributed by atoms with Crippen molar-refractivity contribution in [2.75, 3.05) is 6.54 Å². The lowest BCUT2D eigenvalue weighted by Crippen LogP contribution is -2.31. The molecule has 0 spiro atoms. The summed E-state index contributed by atoms with van der Waals surface area (Å²) in [5.41, 5.74) is 3.15. The summed E-state index contributed by atoms with van der Waals surface area (Å²) >= 11 is 9.89. The van der Waals surface area contributed by atoms with Gasteiger partial charge in [-0.25, -0.2) is 0 Å². The number of carbonyl (C=O) groups is 2. The number of carbonyl (C=O) groups excluding carboxylic acids is 2. The molecule has 1 amide bonds. The number of amides is 1. The molecule has 0 bridgehead atoms. The molecule has 1 unspecified atom stereocenters. The summed E-state index contributed by atoms with van der Waals surface area (Å²) in [6, 6.07) is 21.2. The molecule has 1 aliphatic heterocycles. The lowest BCUT2D eigenvalue weighted by atomic mass is 9.95. The summed E-state index contributed by atoms with van der Waals surface area (Å²) < 4.78 is 0.839. The van der Waals surface area contributed by atoms with Gasteiger partial charge in [0.2, 0.25) is 0 Å². The lowest BCUT2D eigenvalue weighted by Gasteiger charge is -2.26. The molecule has 0 saturated carbocycles. The predicted molar refractivity (Wildman–Crippen MR) is 137 cm³/mol. The number of fused-ring (bicyclic) bond motifs is 1. The summed E-state index contributed by atoms with van der Waals surface area (Å²) in [5, 5.41) is 12.6. The van der Waals surface area contributed by atoms with E-state index in [0.29, 0.717) is 29.1 Å². The molecule has 1 fully saturated rings. The Morgan fingerprint density at radius 1 is 1.00 bits per heavy atom. The van der Waals surface area contributed by atoms with E-state index in [9.17, 15) is 14.7 Å². The molecule has 2 heterocycles. The number of aliphatic hydroxyl groups excluding tert-OH is 1. The van der Waals surface area contributed by atoms with Crippen LogP contribution in [0.3, 0.4) is 0 Å². The van der Waals surface area contributed by atoms with Crippen LogP contribution in [0.1, 0.15) is 22.7 Å². The molecular formula is C27H20BrClN2O3. The maximum Gasteiger partial charge on any atom is 0.295 e. The predicted octanol–water partition coefficient (Wildman–Crippen LogP) is 6.25. The normalized spacial score (nSPS) is 17.6. The Bertz CT molecular complexity index is 1440. The van der Waals surface area contributed by atoms with Gasteiger partial charge in [-0.15, -0.1) is 0 Å². The molecule has 0 aliphatic carbocycles. The van der Waals surface area contributed by atoms with Gasteiger partial charge in [-0.3, -0.25) is 9.59 Å². The largest absolute Gasteiger partial charge is 0.507 e. The van der Waals surface area contributed by atoms with Crippen molar-refractivity contribution in [2.45, 2.75) is 12.5 Å². The molecule has 0 radical (unpaired) electrons. The van der Waals surface area contributed by atoms with Gasteiger partial charge in [0, 0.05) is 38.7 Å². The zero-order valence-corrected chi connectivity index (χ0v) is 20.3. The molecule has 1 saturated heterocycles. The summed E-state index contributed by atoms with van der Waals surface area (Å²) in [6.07, 6.45) is 2.46. The fourth-order valence-corrected chi connectivity index (χ4v) is 4.98. The lowest BCUT2D eigenvalue weighted by molar-refractivity contribution is -0.139. The highest BCUT2D eigenvalue weighted by molar-refractivity contribution is 9.10. The average Bonchev–Trinajstić information content (AvgIpc) is 3.37. The second-order valence-corrected chi connectivity index (χ2v) is 9.45. The number of aromatic amines is 1. The SMILES string of the molecule is O=C1C(=O)N(CCc2c[nH]c3ccccc23)C(c2ccccc2Cl)C1=C(O)c1ccc(Br)cc1. The van der Waals surface area contributed by atoms with Crippen LogP contribution in [0.25, 0.3) is 16.7 Å². The van der Waals surface area contributed by atoms with Crippen molar-refractivity contribution in [3.63, 3.8) is 0 Å². The standard InChI is InChI=1S/C27H20BrClN2O3/c28-18-11-9-16(10-12-18)25(32)23-24(20-6-1-3-7-21(20)29)31(27(34)26(23)33)14-13-17-15-30-22-8-4-2-5-19(17)22/h1-12,15,24,30,32H,13-14H2. The zero-order chi connectivity index (χ0) is 23.8. The Hall–Kier alpha value is -3.35. The van der Waals surface area contributed by atoms with Crippen LogP contribution in [0.5, 0.6) is 0 Å². The summed E-state index contributed by atoms with van der Waals surface area (Å²) in [6.45, 7) is 0.291. The number of benzene rings is 3. The second-order valence-electron chi connectivity index (χ2n) is 8.13. The quantitative estimate of drug-likeness (QED) is 0.180. The number of ketones is 1. The number of aromatic nitrogens is 1. The maximum atomic E-state index is 13.2. The van der Waals surface area contributed by atoms with Crippen LogP contribution in [-0.2, 0) is 16.0 Å². The molecule has 34 heavy (non-hydrogen) atoms. The van der Waals surface area contributed by atoms with Gasteiger partial charge < -0.3 is 15.0 Å². The Labute approximate surface area is 209 Å². The summed E-state index contributed by atoms with van der Waals surface area (Å²) in [7, 11) is 0. The van der Waals surface area contributed by atoms with Crippen molar-refractivity contribution in [3.8, 4) is 0 Å². The van der Waals surface area contributed by atoms with E-state index in [4.69, 9.17) is 11.6 Å². The molecule has 7 heteroatoms. The van der Waals surface area contributed by atoms with Gasteiger partial charge in [0.15, 0.2) is 0 Å². The van der Waals surface area contributed by atoms with Gasteiger partial charge in [0.1, 0.15) is 5.76 Å². The maximum absolute atomic E-state index is 13.2. The Morgan fingerprint density at radius 2 is 1.71 bits per heavy atom. The number of H-pyrrole nitrogens is 1. The van der Waals surface area contributed by atoms with Gasteiger partial charge in [-0.05, 0) is 41.8 Å². The van der Waals surface area contributed by atoms with Gasteiger partial charge in [-0.2, -0.15) is 0 Å². The van der Waals surface area contributed by atoms with E-state index < -0.39 is 17.7 Å². The number of hydrogen-bond donors (Lipinski definition) is 2. The van der Waals surface area contributed by atoms with Crippen LogP contribution < -0.4 is 0 Å². The molecule has 3 aromatic carbocycles. The smallest absolute Gasteiger partial charge is 0.295 e. The van der Waals surface area contributed by atoms with Gasteiger partial charge in [-0.1, -0.05) is 76.1 Å². The first kappa shape index (κ1) is 22.4. The van der Waals surface area contributed by atoms with E-state index in [2.05, 4.69) is 20.9 Å². The Kier molecular flexibility index (Phi) is 6.02. The molecule has 5 nitrogen and oxygen atoms in total. The van der Waals surface area contributed by atoms with Crippen molar-refractivity contribution in [1.29, 1.82) is 0 Å². The molecule has 1 aliphatic rings. The summed E-state index contributed by atoms with van der Waals surface area (Å²) in [5.74, 6) is -1.59. The van der Waals surface area contributed by atoms with E-state index in [0.717, 1.165) is 20.9 Å². The van der Waals surface area contributed by atoms with Crippen LogP contribution >= 0.6 is 27.5 Å². The number of aliphatic hydroxyl groups is 1. The van der Waals surface area contributed by atoms with Crippen LogP contribution in [-0.4, -0.2) is 33.2 Å². The third-order valence-electron chi connectivity index (χ3n) is 6.15. The Balaban J connectivity index is 1.58. The van der Waals surface area contributed by atoms with Gasteiger partial charge in [0.05, 0.1) is 11.6 Å². The van der Waals surface area contributed by atoms with Crippen LogP contribution in [0.15, 0.2) is 89.0 Å². The first-order valence-corrected chi connectivity index (χ1v) is 12.0. The summed E-state index contributed by atoms with van der Waals surface area (Å²) in [4.78, 5) is 31.1. The van der Waals surface area contributed by atoms with Crippen LogP contribution in [0, 0.1) is 0 Å². The topological polar surface area (TPSA) is 73.4 Å². The third-order valence-corrected chi connectivity index (χ3v) is 7.03. The molecule has 5 rings (SSSR count). The van der Waals surface area contributed by atoms with E-state index in [1.165, 1.54) is 4.90 Å². The second kappa shape index (κ2) is 9.12. The number of rotatable bonds is 5. The van der Waals surface area contributed by atoms with Crippen molar-refractivity contribution in [2.24, 2.45) is 0 Å². The highest BCUT2D eigenvalue weighted by Gasteiger charge is 2.46. The number of halogens is 2. The fourth-order valence-electron chi connectivity index (χ4n) is 4.47. The zero-order valence-electron chi connectivity index (χ0n) is 18.0. The molecule has 4 aromatic rings. The number of para-hydroxylation sites is 1.